The number of ether oxygens (including phenoxy) is 2. The molecule has 1 N–H and O–H groups in total. The maximum absolute atomic E-state index is 11.0. The highest BCUT2D eigenvalue weighted by Crippen LogP contribution is 2.35. The first-order valence-electron chi connectivity index (χ1n) is 6.06. The van der Waals surface area contributed by atoms with Crippen molar-refractivity contribution >= 4 is 5.69 Å². The third-order valence-electron chi connectivity index (χ3n) is 2.78. The van der Waals surface area contributed by atoms with Gasteiger partial charge in [0.2, 0.25) is 0 Å². The molecule has 1 aromatic carbocycles. The number of aliphatic hydroxyl groups is 1. The fourth-order valence-electron chi connectivity index (χ4n) is 1.80. The summed E-state index contributed by atoms with van der Waals surface area (Å²) < 4.78 is 15.5. The van der Waals surface area contributed by atoms with Gasteiger partial charge in [0.05, 0.1) is 30.3 Å². The second kappa shape index (κ2) is 6.23. The molecular weight excluding hydrogens is 280 g/mol. The summed E-state index contributed by atoms with van der Waals surface area (Å²) in [5, 5.41) is 23.9. The summed E-state index contributed by atoms with van der Waals surface area (Å²) in [4.78, 5) is 10.4. The van der Waals surface area contributed by atoms with Crippen molar-refractivity contribution in [2.24, 2.45) is 0 Å². The minimum Gasteiger partial charge on any atom is -0.493 e. The van der Waals surface area contributed by atoms with Gasteiger partial charge in [-0.15, -0.1) is 0 Å². The molecular formula is C13H14N2O6. The number of aryl methyl sites for hydroxylation is 1. The number of nitro benzene ring substituents is 1. The zero-order valence-corrected chi connectivity index (χ0v) is 11.5. The molecule has 0 saturated heterocycles. The highest BCUT2D eigenvalue weighted by molar-refractivity contribution is 5.54. The Bertz CT molecular complexity index is 652. The minimum atomic E-state index is -0.585. The first-order valence-corrected chi connectivity index (χ1v) is 6.06. The van der Waals surface area contributed by atoms with Gasteiger partial charge in [0.15, 0.2) is 11.5 Å². The summed E-state index contributed by atoms with van der Waals surface area (Å²) >= 11 is 0. The van der Waals surface area contributed by atoms with Gasteiger partial charge in [-0.2, -0.15) is 0 Å². The van der Waals surface area contributed by atoms with E-state index in [4.69, 9.17) is 19.1 Å². The van der Waals surface area contributed by atoms with Crippen molar-refractivity contribution in [3.8, 4) is 11.5 Å². The molecule has 0 radical (unpaired) electrons. The number of benzene rings is 1. The highest BCUT2D eigenvalue weighted by atomic mass is 16.6. The van der Waals surface area contributed by atoms with Crippen LogP contribution in [0.3, 0.4) is 0 Å². The van der Waals surface area contributed by atoms with E-state index in [0.29, 0.717) is 17.2 Å². The van der Waals surface area contributed by atoms with Gasteiger partial charge in [-0.1, -0.05) is 5.16 Å². The SMILES string of the molecule is COc1cc(CO)c([N+](=O)[O-])cc1OCc1cc(C)on1. The van der Waals surface area contributed by atoms with Crippen molar-refractivity contribution in [3.05, 3.63) is 45.3 Å². The van der Waals surface area contributed by atoms with E-state index in [9.17, 15) is 10.1 Å². The second-order valence-corrected chi connectivity index (χ2v) is 4.26. The lowest BCUT2D eigenvalue weighted by molar-refractivity contribution is -0.386. The molecule has 21 heavy (non-hydrogen) atoms. The van der Waals surface area contributed by atoms with Crippen molar-refractivity contribution < 1.29 is 24.0 Å². The molecule has 2 rings (SSSR count). The van der Waals surface area contributed by atoms with Gasteiger partial charge >= 0.3 is 0 Å². The number of hydrogen-bond acceptors (Lipinski definition) is 7. The highest BCUT2D eigenvalue weighted by Gasteiger charge is 2.19. The zero-order valence-electron chi connectivity index (χ0n) is 11.5. The van der Waals surface area contributed by atoms with Gasteiger partial charge in [-0.05, 0) is 13.0 Å². The first kappa shape index (κ1) is 14.8. The molecule has 2 aromatic rings. The predicted octanol–water partition coefficient (Wildman–Crippen LogP) is 1.97. The van der Waals surface area contributed by atoms with E-state index in [2.05, 4.69) is 5.16 Å². The summed E-state index contributed by atoms with van der Waals surface area (Å²) in [5.41, 5.74) is 0.481. The number of aromatic nitrogens is 1. The van der Waals surface area contributed by atoms with Crippen molar-refractivity contribution in [3.63, 3.8) is 0 Å². The lowest BCUT2D eigenvalue weighted by atomic mass is 10.1. The van der Waals surface area contributed by atoms with E-state index in [1.54, 1.807) is 13.0 Å². The van der Waals surface area contributed by atoms with Crippen LogP contribution in [0.5, 0.6) is 11.5 Å². The van der Waals surface area contributed by atoms with E-state index >= 15 is 0 Å². The average molecular weight is 294 g/mol. The van der Waals surface area contributed by atoms with E-state index < -0.39 is 11.5 Å². The van der Waals surface area contributed by atoms with Crippen LogP contribution in [0.25, 0.3) is 0 Å². The van der Waals surface area contributed by atoms with E-state index in [1.807, 2.05) is 0 Å². The Balaban J connectivity index is 2.28. The Hall–Kier alpha value is -2.61. The van der Waals surface area contributed by atoms with Crippen LogP contribution in [-0.2, 0) is 13.2 Å². The normalized spacial score (nSPS) is 10.4. The number of aliphatic hydroxyl groups excluding tert-OH is 1. The summed E-state index contributed by atoms with van der Waals surface area (Å²) in [6.45, 7) is 1.37. The summed E-state index contributed by atoms with van der Waals surface area (Å²) in [5.74, 6) is 1.13. The largest absolute Gasteiger partial charge is 0.493 e. The number of methoxy groups -OCH3 is 1. The van der Waals surface area contributed by atoms with Gasteiger partial charge in [-0.25, -0.2) is 0 Å². The van der Waals surface area contributed by atoms with Crippen LogP contribution >= 0.6 is 0 Å². The van der Waals surface area contributed by atoms with Crippen molar-refractivity contribution in [1.82, 2.24) is 5.16 Å². The van der Waals surface area contributed by atoms with Crippen LogP contribution < -0.4 is 9.47 Å². The van der Waals surface area contributed by atoms with Crippen molar-refractivity contribution in [2.75, 3.05) is 7.11 Å². The standard InChI is InChI=1S/C13H14N2O6/c1-8-3-10(14-21-8)7-20-13-5-11(15(17)18)9(6-16)4-12(13)19-2/h3-5,16H,6-7H2,1-2H3. The van der Waals surface area contributed by atoms with Gasteiger partial charge in [-0.3, -0.25) is 10.1 Å². The molecule has 8 heteroatoms. The average Bonchev–Trinajstić information content (AvgIpc) is 2.89. The molecule has 0 aliphatic rings. The smallest absolute Gasteiger partial charge is 0.278 e. The third kappa shape index (κ3) is 3.29. The van der Waals surface area contributed by atoms with Gasteiger partial charge < -0.3 is 19.1 Å². The van der Waals surface area contributed by atoms with Crippen LogP contribution in [0.15, 0.2) is 22.7 Å². The Morgan fingerprint density at radius 3 is 2.67 bits per heavy atom. The molecule has 0 aliphatic heterocycles. The Morgan fingerprint density at radius 1 is 1.38 bits per heavy atom. The minimum absolute atomic E-state index is 0.0866. The quantitative estimate of drug-likeness (QED) is 0.640. The summed E-state index contributed by atoms with van der Waals surface area (Å²) in [7, 11) is 1.41. The molecule has 0 fully saturated rings. The Kier molecular flexibility index (Phi) is 4.39. The summed E-state index contributed by atoms with van der Waals surface area (Å²) in [6.07, 6.45) is 0. The fraction of sp³-hybridized carbons (Fsp3) is 0.308. The fourth-order valence-corrected chi connectivity index (χ4v) is 1.80. The molecule has 0 saturated carbocycles. The van der Waals surface area contributed by atoms with Crippen LogP contribution in [0.1, 0.15) is 17.0 Å². The molecule has 0 spiro atoms. The molecule has 0 bridgehead atoms. The second-order valence-electron chi connectivity index (χ2n) is 4.26. The first-order chi connectivity index (χ1) is 10.0. The Morgan fingerprint density at radius 2 is 2.14 bits per heavy atom. The predicted molar refractivity (Wildman–Crippen MR) is 71.1 cm³/mol. The topological polar surface area (TPSA) is 108 Å². The summed E-state index contributed by atoms with van der Waals surface area (Å²) in [6, 6.07) is 4.29. The zero-order chi connectivity index (χ0) is 15.4. The number of rotatable bonds is 6. The molecule has 1 heterocycles. The van der Waals surface area contributed by atoms with Crippen molar-refractivity contribution in [2.45, 2.75) is 20.1 Å². The maximum atomic E-state index is 11.0. The molecule has 0 unspecified atom stereocenters. The van der Waals surface area contributed by atoms with E-state index in [-0.39, 0.29) is 23.6 Å². The molecule has 8 nitrogen and oxygen atoms in total. The molecule has 1 aromatic heterocycles. The monoisotopic (exact) mass is 294 g/mol. The van der Waals surface area contributed by atoms with Gasteiger partial charge in [0, 0.05) is 6.07 Å². The Labute approximate surface area is 120 Å². The number of nitro groups is 1. The van der Waals surface area contributed by atoms with E-state index in [1.165, 1.54) is 19.2 Å². The van der Waals surface area contributed by atoms with Crippen LogP contribution in [0.2, 0.25) is 0 Å². The number of hydrogen-bond donors (Lipinski definition) is 1. The van der Waals surface area contributed by atoms with E-state index in [0.717, 1.165) is 0 Å². The lowest BCUT2D eigenvalue weighted by Crippen LogP contribution is -2.02. The van der Waals surface area contributed by atoms with Crippen LogP contribution in [0, 0.1) is 17.0 Å². The van der Waals surface area contributed by atoms with Gasteiger partial charge in [0.25, 0.3) is 5.69 Å². The molecule has 112 valence electrons. The maximum Gasteiger partial charge on any atom is 0.278 e. The molecule has 0 atom stereocenters. The van der Waals surface area contributed by atoms with Crippen LogP contribution in [0.4, 0.5) is 5.69 Å². The van der Waals surface area contributed by atoms with Gasteiger partial charge in [0.1, 0.15) is 18.1 Å². The molecule has 0 aliphatic carbocycles. The third-order valence-corrected chi connectivity index (χ3v) is 2.78. The number of nitrogens with zero attached hydrogens (tertiary/aromatic N) is 2. The van der Waals surface area contributed by atoms with Crippen LogP contribution in [-0.4, -0.2) is 22.3 Å². The molecule has 0 amide bonds. The van der Waals surface area contributed by atoms with Crippen molar-refractivity contribution in [1.29, 1.82) is 0 Å². The lowest BCUT2D eigenvalue weighted by Gasteiger charge is -2.11.